The van der Waals surface area contributed by atoms with Crippen LogP contribution in [0.5, 0.6) is 0 Å². The molecule has 1 aromatic carbocycles. The van der Waals surface area contributed by atoms with Crippen molar-refractivity contribution in [1.82, 2.24) is 5.32 Å². The fourth-order valence-corrected chi connectivity index (χ4v) is 1.85. The first-order chi connectivity index (χ1) is 8.40. The van der Waals surface area contributed by atoms with Crippen LogP contribution in [-0.2, 0) is 4.79 Å². The normalized spacial score (nSPS) is 12.5. The second-order valence-electron chi connectivity index (χ2n) is 4.96. The summed E-state index contributed by atoms with van der Waals surface area (Å²) in [6, 6.07) is 8.09. The molecule has 1 rings (SSSR count). The molecule has 0 saturated heterocycles. The Kier molecular flexibility index (Phi) is 5.16. The Labute approximate surface area is 109 Å². The molecule has 0 heterocycles. The van der Waals surface area contributed by atoms with Crippen molar-refractivity contribution in [2.75, 3.05) is 19.0 Å². The van der Waals surface area contributed by atoms with E-state index in [0.717, 1.165) is 11.3 Å². The number of nitrogens with one attached hydrogen (secondary N) is 1. The number of carboxylic acid groups (broad SMARTS) is 1. The number of aliphatic carboxylic acids is 1. The molecule has 0 bridgehead atoms. The highest BCUT2D eigenvalue weighted by Gasteiger charge is 2.16. The zero-order valence-corrected chi connectivity index (χ0v) is 11.5. The van der Waals surface area contributed by atoms with Crippen LogP contribution in [0.1, 0.15) is 31.9 Å². The van der Waals surface area contributed by atoms with Gasteiger partial charge in [0.15, 0.2) is 0 Å². The molecule has 2 N–H and O–H groups in total. The van der Waals surface area contributed by atoms with Gasteiger partial charge in [-0.05, 0) is 17.7 Å². The molecule has 0 amide bonds. The molecule has 1 aromatic rings. The van der Waals surface area contributed by atoms with Gasteiger partial charge in [0.1, 0.15) is 0 Å². The van der Waals surface area contributed by atoms with Crippen molar-refractivity contribution in [2.45, 2.75) is 32.4 Å². The molecule has 0 aromatic heterocycles. The van der Waals surface area contributed by atoms with Crippen molar-refractivity contribution in [1.29, 1.82) is 0 Å². The van der Waals surface area contributed by atoms with Crippen LogP contribution in [-0.4, -0.2) is 31.2 Å². The average Bonchev–Trinajstić information content (AvgIpc) is 2.27. The van der Waals surface area contributed by atoms with E-state index in [2.05, 4.69) is 5.32 Å². The van der Waals surface area contributed by atoms with Crippen LogP contribution in [0.2, 0.25) is 0 Å². The first-order valence-electron chi connectivity index (χ1n) is 6.15. The Balaban J connectivity index is 2.87. The lowest BCUT2D eigenvalue weighted by molar-refractivity contribution is -0.137. The van der Waals surface area contributed by atoms with E-state index in [0.29, 0.717) is 0 Å². The van der Waals surface area contributed by atoms with Crippen molar-refractivity contribution in [2.24, 2.45) is 0 Å². The van der Waals surface area contributed by atoms with Crippen LogP contribution in [0.3, 0.4) is 0 Å². The summed E-state index contributed by atoms with van der Waals surface area (Å²) in [5.41, 5.74) is 2.12. The highest BCUT2D eigenvalue weighted by molar-refractivity contribution is 5.68. The molecule has 4 heteroatoms. The third kappa shape index (κ3) is 4.37. The molecule has 0 aliphatic rings. The summed E-state index contributed by atoms with van der Waals surface area (Å²) < 4.78 is 0. The Morgan fingerprint density at radius 3 is 2.22 bits per heavy atom. The molecule has 0 aliphatic heterocycles. The van der Waals surface area contributed by atoms with Crippen LogP contribution in [0, 0.1) is 0 Å². The number of nitrogens with zero attached hydrogens (tertiary/aromatic N) is 1. The molecule has 0 radical (unpaired) electrons. The molecular formula is C14H22N2O2. The number of anilines is 1. The maximum atomic E-state index is 10.9. The van der Waals surface area contributed by atoms with Crippen LogP contribution in [0.4, 0.5) is 5.69 Å². The first kappa shape index (κ1) is 14.5. The van der Waals surface area contributed by atoms with Gasteiger partial charge in [0.25, 0.3) is 0 Å². The van der Waals surface area contributed by atoms with E-state index < -0.39 is 5.97 Å². The molecule has 0 spiro atoms. The molecule has 18 heavy (non-hydrogen) atoms. The van der Waals surface area contributed by atoms with E-state index in [1.54, 1.807) is 0 Å². The van der Waals surface area contributed by atoms with E-state index in [4.69, 9.17) is 5.11 Å². The zero-order chi connectivity index (χ0) is 13.7. The minimum absolute atomic E-state index is 0.0967. The first-order valence-corrected chi connectivity index (χ1v) is 6.15. The van der Waals surface area contributed by atoms with Crippen molar-refractivity contribution in [3.8, 4) is 0 Å². The molecule has 1 atom stereocenters. The lowest BCUT2D eigenvalue weighted by Crippen LogP contribution is -2.29. The zero-order valence-electron chi connectivity index (χ0n) is 11.5. The lowest BCUT2D eigenvalue weighted by atomic mass is 10.0. The average molecular weight is 250 g/mol. The molecule has 100 valence electrons. The number of carboxylic acids is 1. The summed E-state index contributed by atoms with van der Waals surface area (Å²) in [7, 11) is 3.96. The Morgan fingerprint density at radius 1 is 1.28 bits per heavy atom. The molecule has 0 fully saturated rings. The van der Waals surface area contributed by atoms with Gasteiger partial charge in [-0.2, -0.15) is 0 Å². The van der Waals surface area contributed by atoms with E-state index in [9.17, 15) is 4.79 Å². The predicted octanol–water partition coefficient (Wildman–Crippen LogP) is 2.27. The predicted molar refractivity (Wildman–Crippen MR) is 74.0 cm³/mol. The number of benzene rings is 1. The summed E-state index contributed by atoms with van der Waals surface area (Å²) in [6.07, 6.45) is 0.0967. The smallest absolute Gasteiger partial charge is 0.305 e. The van der Waals surface area contributed by atoms with Gasteiger partial charge in [-0.3, -0.25) is 4.79 Å². The highest BCUT2D eigenvalue weighted by Crippen LogP contribution is 2.21. The number of carbonyl (C=O) groups is 1. The van der Waals surface area contributed by atoms with Crippen LogP contribution in [0.25, 0.3) is 0 Å². The topological polar surface area (TPSA) is 52.6 Å². The van der Waals surface area contributed by atoms with Gasteiger partial charge in [-0.25, -0.2) is 0 Å². The van der Waals surface area contributed by atoms with E-state index >= 15 is 0 Å². The highest BCUT2D eigenvalue weighted by atomic mass is 16.4. The summed E-state index contributed by atoms with van der Waals surface area (Å²) in [5, 5.41) is 12.2. The standard InChI is InChI=1S/C14H22N2O2/c1-10(2)15-13(9-14(17)18)11-5-7-12(8-6-11)16(3)4/h5-8,10,13,15H,9H2,1-4H3,(H,17,18). The lowest BCUT2D eigenvalue weighted by Gasteiger charge is -2.21. The maximum absolute atomic E-state index is 10.9. The second kappa shape index (κ2) is 6.40. The number of hydrogen-bond donors (Lipinski definition) is 2. The summed E-state index contributed by atoms with van der Waals surface area (Å²) in [4.78, 5) is 12.9. The largest absolute Gasteiger partial charge is 0.481 e. The Hall–Kier alpha value is -1.55. The van der Waals surface area contributed by atoms with Crippen LogP contribution in [0.15, 0.2) is 24.3 Å². The van der Waals surface area contributed by atoms with Crippen molar-refractivity contribution in [3.63, 3.8) is 0 Å². The van der Waals surface area contributed by atoms with Crippen LogP contribution < -0.4 is 10.2 Å². The van der Waals surface area contributed by atoms with Crippen LogP contribution >= 0.6 is 0 Å². The van der Waals surface area contributed by atoms with Gasteiger partial charge in [-0.1, -0.05) is 26.0 Å². The summed E-state index contributed by atoms with van der Waals surface area (Å²) >= 11 is 0. The third-order valence-electron chi connectivity index (χ3n) is 2.73. The Morgan fingerprint density at radius 2 is 1.83 bits per heavy atom. The maximum Gasteiger partial charge on any atom is 0.305 e. The van der Waals surface area contributed by atoms with Gasteiger partial charge >= 0.3 is 5.97 Å². The quantitative estimate of drug-likeness (QED) is 0.813. The Bertz CT molecular complexity index is 385. The van der Waals surface area contributed by atoms with E-state index in [1.807, 2.05) is 57.1 Å². The fourth-order valence-electron chi connectivity index (χ4n) is 1.85. The van der Waals surface area contributed by atoms with Gasteiger partial charge in [0.2, 0.25) is 0 Å². The molecular weight excluding hydrogens is 228 g/mol. The van der Waals surface area contributed by atoms with Gasteiger partial charge in [-0.15, -0.1) is 0 Å². The monoisotopic (exact) mass is 250 g/mol. The molecule has 1 unspecified atom stereocenters. The SMILES string of the molecule is CC(C)NC(CC(=O)O)c1ccc(N(C)C)cc1. The molecule has 4 nitrogen and oxygen atoms in total. The number of hydrogen-bond acceptors (Lipinski definition) is 3. The summed E-state index contributed by atoms with van der Waals surface area (Å²) in [5.74, 6) is -0.787. The number of rotatable bonds is 6. The van der Waals surface area contributed by atoms with Crippen molar-refractivity contribution >= 4 is 11.7 Å². The fraction of sp³-hybridized carbons (Fsp3) is 0.500. The second-order valence-corrected chi connectivity index (χ2v) is 4.96. The third-order valence-corrected chi connectivity index (χ3v) is 2.73. The van der Waals surface area contributed by atoms with Crippen molar-refractivity contribution in [3.05, 3.63) is 29.8 Å². The molecule has 0 saturated carbocycles. The van der Waals surface area contributed by atoms with E-state index in [1.165, 1.54) is 0 Å². The van der Waals surface area contributed by atoms with Gasteiger partial charge < -0.3 is 15.3 Å². The van der Waals surface area contributed by atoms with Gasteiger partial charge in [0, 0.05) is 31.9 Å². The van der Waals surface area contributed by atoms with Gasteiger partial charge in [0.05, 0.1) is 6.42 Å². The minimum Gasteiger partial charge on any atom is -0.481 e. The van der Waals surface area contributed by atoms with E-state index in [-0.39, 0.29) is 18.5 Å². The molecule has 0 aliphatic carbocycles. The van der Waals surface area contributed by atoms with Crippen molar-refractivity contribution < 1.29 is 9.90 Å². The minimum atomic E-state index is -0.787. The summed E-state index contributed by atoms with van der Waals surface area (Å²) in [6.45, 7) is 4.03.